The number of morpholine rings is 1. The summed E-state index contributed by atoms with van der Waals surface area (Å²) in [5.41, 5.74) is 7.42. The van der Waals surface area contributed by atoms with Gasteiger partial charge in [0.15, 0.2) is 0 Å². The summed E-state index contributed by atoms with van der Waals surface area (Å²) in [7, 11) is 0. The normalized spacial score (nSPS) is 23.4. The predicted octanol–water partition coefficient (Wildman–Crippen LogP) is 1.83. The van der Waals surface area contributed by atoms with Gasteiger partial charge in [0.1, 0.15) is 0 Å². The third-order valence-corrected chi connectivity index (χ3v) is 4.48. The molecule has 0 aliphatic carbocycles. The van der Waals surface area contributed by atoms with Crippen molar-refractivity contribution in [1.29, 1.82) is 0 Å². The fourth-order valence-corrected chi connectivity index (χ4v) is 2.72. The van der Waals surface area contributed by atoms with Gasteiger partial charge in [0, 0.05) is 43.8 Å². The Bertz CT molecular complexity index is 432. The summed E-state index contributed by atoms with van der Waals surface area (Å²) in [6.07, 6.45) is 4.02. The second kappa shape index (κ2) is 7.38. The van der Waals surface area contributed by atoms with Crippen molar-refractivity contribution in [3.05, 3.63) is 18.0 Å². The van der Waals surface area contributed by atoms with Crippen LogP contribution in [0.15, 0.2) is 12.3 Å². The third-order valence-electron chi connectivity index (χ3n) is 4.48. The van der Waals surface area contributed by atoms with Gasteiger partial charge < -0.3 is 10.5 Å². The lowest BCUT2D eigenvalue weighted by molar-refractivity contribution is -0.0496. The second-order valence-corrected chi connectivity index (χ2v) is 6.41. The molecule has 120 valence electrons. The summed E-state index contributed by atoms with van der Waals surface area (Å²) in [6.45, 7) is 11.5. The van der Waals surface area contributed by atoms with Crippen LogP contribution in [0.1, 0.15) is 45.9 Å². The average molecular weight is 294 g/mol. The standard InChI is InChI=1S/C16H30N4O/c1-5-13(4)20-7-6-14(18-20)10-15(17)16-11-19(12(2)3)8-9-21-16/h6-7,12-13,15-16H,5,8-11,17H2,1-4H3. The van der Waals surface area contributed by atoms with Gasteiger partial charge in [-0.1, -0.05) is 6.92 Å². The number of hydrogen-bond donors (Lipinski definition) is 1. The molecule has 2 rings (SSSR count). The first-order valence-corrected chi connectivity index (χ1v) is 8.16. The molecule has 21 heavy (non-hydrogen) atoms. The van der Waals surface area contributed by atoms with Gasteiger partial charge in [0.25, 0.3) is 0 Å². The molecule has 1 aromatic rings. The highest BCUT2D eigenvalue weighted by Gasteiger charge is 2.27. The molecule has 1 aromatic heterocycles. The van der Waals surface area contributed by atoms with E-state index in [4.69, 9.17) is 10.5 Å². The van der Waals surface area contributed by atoms with Gasteiger partial charge in [-0.25, -0.2) is 0 Å². The molecule has 3 atom stereocenters. The highest BCUT2D eigenvalue weighted by atomic mass is 16.5. The van der Waals surface area contributed by atoms with Crippen LogP contribution in [0.5, 0.6) is 0 Å². The van der Waals surface area contributed by atoms with Crippen LogP contribution < -0.4 is 5.73 Å². The van der Waals surface area contributed by atoms with Gasteiger partial charge in [-0.2, -0.15) is 5.10 Å². The van der Waals surface area contributed by atoms with E-state index in [0.29, 0.717) is 12.1 Å². The Morgan fingerprint density at radius 3 is 2.86 bits per heavy atom. The smallest absolute Gasteiger partial charge is 0.0857 e. The Hall–Kier alpha value is -0.910. The molecule has 0 saturated carbocycles. The van der Waals surface area contributed by atoms with Crippen molar-refractivity contribution in [3.8, 4) is 0 Å². The number of ether oxygens (including phenoxy) is 1. The van der Waals surface area contributed by atoms with Crippen molar-refractivity contribution in [2.45, 2.75) is 64.8 Å². The van der Waals surface area contributed by atoms with Gasteiger partial charge in [-0.3, -0.25) is 9.58 Å². The van der Waals surface area contributed by atoms with E-state index in [1.165, 1.54) is 0 Å². The molecule has 1 aliphatic rings. The summed E-state index contributed by atoms with van der Waals surface area (Å²) < 4.78 is 7.90. The van der Waals surface area contributed by atoms with Crippen LogP contribution in [0.25, 0.3) is 0 Å². The maximum absolute atomic E-state index is 6.36. The summed E-state index contributed by atoms with van der Waals surface area (Å²) in [5.74, 6) is 0. The molecule has 3 unspecified atom stereocenters. The maximum atomic E-state index is 6.36. The van der Waals surface area contributed by atoms with E-state index in [1.54, 1.807) is 0 Å². The highest BCUT2D eigenvalue weighted by molar-refractivity contribution is 5.03. The fraction of sp³-hybridized carbons (Fsp3) is 0.812. The molecular weight excluding hydrogens is 264 g/mol. The number of nitrogens with two attached hydrogens (primary N) is 1. The molecule has 1 aliphatic heterocycles. The molecule has 1 fully saturated rings. The molecule has 0 amide bonds. The quantitative estimate of drug-likeness (QED) is 0.869. The molecule has 5 nitrogen and oxygen atoms in total. The molecule has 0 radical (unpaired) electrons. The van der Waals surface area contributed by atoms with E-state index in [-0.39, 0.29) is 12.1 Å². The molecular formula is C16H30N4O. The predicted molar refractivity (Wildman–Crippen MR) is 85.4 cm³/mol. The first-order valence-electron chi connectivity index (χ1n) is 8.16. The third kappa shape index (κ3) is 4.28. The minimum absolute atomic E-state index is 0.00633. The summed E-state index contributed by atoms with van der Waals surface area (Å²) in [6, 6.07) is 3.08. The van der Waals surface area contributed by atoms with Crippen LogP contribution in [-0.4, -0.2) is 52.6 Å². The minimum atomic E-state index is 0.00633. The number of nitrogens with zero attached hydrogens (tertiary/aromatic N) is 3. The minimum Gasteiger partial charge on any atom is -0.374 e. The average Bonchev–Trinajstić information content (AvgIpc) is 2.95. The van der Waals surface area contributed by atoms with Crippen LogP contribution >= 0.6 is 0 Å². The topological polar surface area (TPSA) is 56.3 Å². The fourth-order valence-electron chi connectivity index (χ4n) is 2.72. The lowest BCUT2D eigenvalue weighted by atomic mass is 10.0. The summed E-state index contributed by atoms with van der Waals surface area (Å²) >= 11 is 0. The van der Waals surface area contributed by atoms with Crippen molar-refractivity contribution in [2.24, 2.45) is 5.73 Å². The van der Waals surface area contributed by atoms with E-state index in [0.717, 1.165) is 38.2 Å². The number of aromatic nitrogens is 2. The van der Waals surface area contributed by atoms with Crippen LogP contribution in [0.4, 0.5) is 0 Å². The Balaban J connectivity index is 1.91. The largest absolute Gasteiger partial charge is 0.374 e. The van der Waals surface area contributed by atoms with Crippen LogP contribution in [0.3, 0.4) is 0 Å². The van der Waals surface area contributed by atoms with Gasteiger partial charge >= 0.3 is 0 Å². The first-order chi connectivity index (χ1) is 10.0. The van der Waals surface area contributed by atoms with Gasteiger partial charge in [0.05, 0.1) is 18.4 Å². The first kappa shape index (κ1) is 16.5. The van der Waals surface area contributed by atoms with E-state index >= 15 is 0 Å². The molecule has 2 heterocycles. The Kier molecular flexibility index (Phi) is 5.79. The zero-order valence-electron chi connectivity index (χ0n) is 13.8. The zero-order valence-corrected chi connectivity index (χ0v) is 13.8. The number of hydrogen-bond acceptors (Lipinski definition) is 4. The van der Waals surface area contributed by atoms with Gasteiger partial charge in [-0.05, 0) is 33.3 Å². The van der Waals surface area contributed by atoms with Crippen molar-refractivity contribution in [1.82, 2.24) is 14.7 Å². The van der Waals surface area contributed by atoms with E-state index in [1.807, 2.05) is 4.68 Å². The molecule has 2 N–H and O–H groups in total. The highest BCUT2D eigenvalue weighted by Crippen LogP contribution is 2.15. The lowest BCUT2D eigenvalue weighted by Crippen LogP contribution is -2.53. The Morgan fingerprint density at radius 1 is 1.43 bits per heavy atom. The zero-order chi connectivity index (χ0) is 15.4. The Labute approximate surface area is 128 Å². The Morgan fingerprint density at radius 2 is 2.19 bits per heavy atom. The molecule has 0 bridgehead atoms. The molecule has 5 heteroatoms. The lowest BCUT2D eigenvalue weighted by Gasteiger charge is -2.37. The van der Waals surface area contributed by atoms with Crippen LogP contribution in [-0.2, 0) is 11.2 Å². The monoisotopic (exact) mass is 294 g/mol. The van der Waals surface area contributed by atoms with Gasteiger partial charge in [-0.15, -0.1) is 0 Å². The number of rotatable bonds is 6. The SMILES string of the molecule is CCC(C)n1ccc(CC(N)C2CN(C(C)C)CCO2)n1. The van der Waals surface area contributed by atoms with Crippen molar-refractivity contribution in [2.75, 3.05) is 19.7 Å². The van der Waals surface area contributed by atoms with E-state index < -0.39 is 0 Å². The molecule has 1 saturated heterocycles. The van der Waals surface area contributed by atoms with Crippen molar-refractivity contribution in [3.63, 3.8) is 0 Å². The van der Waals surface area contributed by atoms with Crippen LogP contribution in [0, 0.1) is 0 Å². The van der Waals surface area contributed by atoms with E-state index in [2.05, 4.69) is 50.0 Å². The molecule has 0 aromatic carbocycles. The van der Waals surface area contributed by atoms with Crippen molar-refractivity contribution < 1.29 is 4.74 Å². The second-order valence-electron chi connectivity index (χ2n) is 6.41. The molecule has 0 spiro atoms. The summed E-state index contributed by atoms with van der Waals surface area (Å²) in [5, 5.41) is 4.64. The van der Waals surface area contributed by atoms with E-state index in [9.17, 15) is 0 Å². The van der Waals surface area contributed by atoms with Crippen molar-refractivity contribution >= 4 is 0 Å². The van der Waals surface area contributed by atoms with Gasteiger partial charge in [0.2, 0.25) is 0 Å². The summed E-state index contributed by atoms with van der Waals surface area (Å²) in [4.78, 5) is 2.44. The van der Waals surface area contributed by atoms with Crippen LogP contribution in [0.2, 0.25) is 0 Å². The maximum Gasteiger partial charge on any atom is 0.0857 e.